The van der Waals surface area contributed by atoms with Crippen LogP contribution in [0.2, 0.25) is 0 Å². The Morgan fingerprint density at radius 1 is 1.00 bits per heavy atom. The van der Waals surface area contributed by atoms with Gasteiger partial charge in [0.2, 0.25) is 0 Å². The zero-order chi connectivity index (χ0) is 18.4. The number of carbonyl (C=O) groups is 1. The summed E-state index contributed by atoms with van der Waals surface area (Å²) in [6.07, 6.45) is 1.56. The first-order valence-electron chi connectivity index (χ1n) is 7.91. The largest absolute Gasteiger partial charge is 0.295 e. The Balaban J connectivity index is 1.84. The van der Waals surface area contributed by atoms with Crippen LogP contribution in [0, 0.1) is 10.1 Å². The van der Waals surface area contributed by atoms with Crippen LogP contribution in [0.25, 0.3) is 0 Å². The summed E-state index contributed by atoms with van der Waals surface area (Å²) >= 11 is 0. The maximum atomic E-state index is 12.8. The fourth-order valence-corrected chi connectivity index (χ4v) is 2.36. The standard InChI is InChI=1S/C19H16N4O3/c24-19(18-8-4-5-13-20-18)22(21-16-6-2-1-3-7-16)14-15-9-11-17(12-10-15)23(25)26/h1-13,21H,14H2. The van der Waals surface area contributed by atoms with Crippen LogP contribution >= 0.6 is 0 Å². The van der Waals surface area contributed by atoms with Crippen LogP contribution in [0.4, 0.5) is 11.4 Å². The number of carbonyl (C=O) groups excluding carboxylic acids is 1. The van der Waals surface area contributed by atoms with Gasteiger partial charge >= 0.3 is 0 Å². The molecule has 7 heteroatoms. The van der Waals surface area contributed by atoms with Gasteiger partial charge in [0, 0.05) is 18.3 Å². The Bertz CT molecular complexity index is 884. The summed E-state index contributed by atoms with van der Waals surface area (Å²) in [5.74, 6) is -0.298. The molecule has 7 nitrogen and oxygen atoms in total. The number of hydrogen-bond donors (Lipinski definition) is 1. The molecule has 26 heavy (non-hydrogen) atoms. The number of anilines is 1. The molecular formula is C19H16N4O3. The first-order valence-corrected chi connectivity index (χ1v) is 7.91. The lowest BCUT2D eigenvalue weighted by molar-refractivity contribution is -0.384. The number of pyridine rings is 1. The zero-order valence-corrected chi connectivity index (χ0v) is 13.8. The van der Waals surface area contributed by atoms with Gasteiger partial charge < -0.3 is 0 Å². The number of nitro benzene ring substituents is 1. The summed E-state index contributed by atoms with van der Waals surface area (Å²) in [5, 5.41) is 12.2. The molecule has 0 saturated carbocycles. The quantitative estimate of drug-likeness (QED) is 0.542. The second-order valence-corrected chi connectivity index (χ2v) is 5.51. The highest BCUT2D eigenvalue weighted by Crippen LogP contribution is 2.16. The third-order valence-electron chi connectivity index (χ3n) is 3.65. The summed E-state index contributed by atoms with van der Waals surface area (Å²) in [5.41, 5.74) is 4.89. The van der Waals surface area contributed by atoms with Gasteiger partial charge in [-0.3, -0.25) is 25.3 Å². The molecule has 1 aromatic heterocycles. The third kappa shape index (κ3) is 4.21. The molecule has 0 unspecified atom stereocenters. The van der Waals surface area contributed by atoms with E-state index in [2.05, 4.69) is 10.4 Å². The maximum Gasteiger partial charge on any atom is 0.291 e. The van der Waals surface area contributed by atoms with E-state index in [0.717, 1.165) is 11.3 Å². The molecule has 0 atom stereocenters. The van der Waals surface area contributed by atoms with Gasteiger partial charge in [-0.05, 0) is 29.8 Å². The van der Waals surface area contributed by atoms with Crippen LogP contribution < -0.4 is 5.43 Å². The Labute approximate surface area is 150 Å². The molecular weight excluding hydrogens is 332 g/mol. The number of aromatic nitrogens is 1. The molecule has 1 heterocycles. The normalized spacial score (nSPS) is 10.2. The number of non-ortho nitro benzene ring substituents is 1. The highest BCUT2D eigenvalue weighted by molar-refractivity contribution is 5.93. The van der Waals surface area contributed by atoms with Gasteiger partial charge in [0.05, 0.1) is 17.2 Å². The van der Waals surface area contributed by atoms with E-state index in [4.69, 9.17) is 0 Å². The van der Waals surface area contributed by atoms with Gasteiger partial charge in [0.25, 0.3) is 11.6 Å². The lowest BCUT2D eigenvalue weighted by Gasteiger charge is -2.24. The van der Waals surface area contributed by atoms with Crippen molar-refractivity contribution in [1.29, 1.82) is 0 Å². The first kappa shape index (κ1) is 17.1. The Hall–Kier alpha value is -3.74. The number of nitrogens with one attached hydrogen (secondary N) is 1. The SMILES string of the molecule is O=C(c1ccccn1)N(Cc1ccc([N+](=O)[O-])cc1)Nc1ccccc1. The zero-order valence-electron chi connectivity index (χ0n) is 13.8. The van der Waals surface area contributed by atoms with Crippen molar-refractivity contribution < 1.29 is 9.72 Å². The van der Waals surface area contributed by atoms with Crippen molar-refractivity contribution in [2.24, 2.45) is 0 Å². The molecule has 0 bridgehead atoms. The predicted molar refractivity (Wildman–Crippen MR) is 97.3 cm³/mol. The number of benzene rings is 2. The van der Waals surface area contributed by atoms with E-state index in [0.29, 0.717) is 5.69 Å². The number of nitro groups is 1. The molecule has 3 aromatic rings. The molecule has 0 spiro atoms. The smallest absolute Gasteiger partial charge is 0.291 e. The maximum absolute atomic E-state index is 12.8. The minimum absolute atomic E-state index is 0.00683. The number of nitrogens with zero attached hydrogens (tertiary/aromatic N) is 3. The van der Waals surface area contributed by atoms with Crippen molar-refractivity contribution in [3.8, 4) is 0 Å². The van der Waals surface area contributed by atoms with E-state index in [1.54, 1.807) is 36.5 Å². The molecule has 130 valence electrons. The lowest BCUT2D eigenvalue weighted by Crippen LogP contribution is -2.36. The van der Waals surface area contributed by atoms with Crippen molar-refractivity contribution in [2.75, 3.05) is 5.43 Å². The average molecular weight is 348 g/mol. The molecule has 0 aliphatic carbocycles. The molecule has 1 amide bonds. The average Bonchev–Trinajstić information content (AvgIpc) is 2.69. The second-order valence-electron chi connectivity index (χ2n) is 5.51. The van der Waals surface area contributed by atoms with Gasteiger partial charge in [-0.2, -0.15) is 0 Å². The van der Waals surface area contributed by atoms with Crippen LogP contribution in [0.1, 0.15) is 16.1 Å². The van der Waals surface area contributed by atoms with Crippen LogP contribution in [0.3, 0.4) is 0 Å². The fraction of sp³-hybridized carbons (Fsp3) is 0.0526. The van der Waals surface area contributed by atoms with Gasteiger partial charge in [0.1, 0.15) is 5.69 Å². The topological polar surface area (TPSA) is 88.4 Å². The predicted octanol–water partition coefficient (Wildman–Crippen LogP) is 3.66. The first-order chi connectivity index (χ1) is 12.6. The molecule has 0 fully saturated rings. The van der Waals surface area contributed by atoms with Gasteiger partial charge in [-0.15, -0.1) is 0 Å². The number of rotatable bonds is 6. The molecule has 0 radical (unpaired) electrons. The van der Waals surface area contributed by atoms with Crippen molar-refractivity contribution in [1.82, 2.24) is 9.99 Å². The van der Waals surface area contributed by atoms with E-state index < -0.39 is 4.92 Å². The molecule has 0 saturated heterocycles. The van der Waals surface area contributed by atoms with Crippen LogP contribution in [-0.4, -0.2) is 20.8 Å². The lowest BCUT2D eigenvalue weighted by atomic mass is 10.2. The van der Waals surface area contributed by atoms with Crippen LogP contribution in [-0.2, 0) is 6.54 Å². The highest BCUT2D eigenvalue weighted by atomic mass is 16.6. The monoisotopic (exact) mass is 348 g/mol. The number of hydrazine groups is 1. The van der Waals surface area contributed by atoms with E-state index in [1.165, 1.54) is 17.1 Å². The number of hydrogen-bond acceptors (Lipinski definition) is 5. The molecule has 1 N–H and O–H groups in total. The molecule has 0 aliphatic rings. The van der Waals surface area contributed by atoms with Crippen LogP contribution in [0.5, 0.6) is 0 Å². The van der Waals surface area contributed by atoms with Gasteiger partial charge in [0.15, 0.2) is 0 Å². The van der Waals surface area contributed by atoms with E-state index in [1.807, 2.05) is 30.3 Å². The summed E-state index contributed by atoms with van der Waals surface area (Å²) in [6, 6.07) is 20.5. The summed E-state index contributed by atoms with van der Waals surface area (Å²) in [4.78, 5) is 27.3. The number of amides is 1. The fourth-order valence-electron chi connectivity index (χ4n) is 2.36. The summed E-state index contributed by atoms with van der Waals surface area (Å²) in [6.45, 7) is 0.225. The van der Waals surface area contributed by atoms with Crippen LogP contribution in [0.15, 0.2) is 79.0 Å². The molecule has 2 aromatic carbocycles. The van der Waals surface area contributed by atoms with E-state index in [9.17, 15) is 14.9 Å². The van der Waals surface area contributed by atoms with Gasteiger partial charge in [-0.1, -0.05) is 36.4 Å². The highest BCUT2D eigenvalue weighted by Gasteiger charge is 2.18. The number of para-hydroxylation sites is 1. The van der Waals surface area contributed by atoms with Crippen molar-refractivity contribution in [3.63, 3.8) is 0 Å². The Morgan fingerprint density at radius 3 is 2.31 bits per heavy atom. The van der Waals surface area contributed by atoms with E-state index in [-0.39, 0.29) is 18.1 Å². The minimum atomic E-state index is -0.456. The second kappa shape index (κ2) is 7.89. The summed E-state index contributed by atoms with van der Waals surface area (Å²) in [7, 11) is 0. The molecule has 3 rings (SSSR count). The van der Waals surface area contributed by atoms with E-state index >= 15 is 0 Å². The third-order valence-corrected chi connectivity index (χ3v) is 3.65. The Morgan fingerprint density at radius 2 is 1.69 bits per heavy atom. The Kier molecular flexibility index (Phi) is 5.19. The molecule has 0 aliphatic heterocycles. The minimum Gasteiger partial charge on any atom is -0.295 e. The van der Waals surface area contributed by atoms with Gasteiger partial charge in [-0.25, -0.2) is 5.01 Å². The van der Waals surface area contributed by atoms with Crippen molar-refractivity contribution in [2.45, 2.75) is 6.54 Å². The van der Waals surface area contributed by atoms with Crippen molar-refractivity contribution >= 4 is 17.3 Å². The summed E-state index contributed by atoms with van der Waals surface area (Å²) < 4.78 is 0. The van der Waals surface area contributed by atoms with Crippen molar-refractivity contribution in [3.05, 3.63) is 100 Å².